The third-order valence-electron chi connectivity index (χ3n) is 4.85. The fourth-order valence-corrected chi connectivity index (χ4v) is 4.41. The van der Waals surface area contributed by atoms with Crippen LogP contribution in [0.3, 0.4) is 0 Å². The van der Waals surface area contributed by atoms with E-state index in [2.05, 4.69) is 15.2 Å². The summed E-state index contributed by atoms with van der Waals surface area (Å²) in [6.45, 7) is 5.58. The summed E-state index contributed by atoms with van der Waals surface area (Å²) in [5, 5.41) is 3.08. The van der Waals surface area contributed by atoms with Crippen molar-refractivity contribution in [1.29, 1.82) is 0 Å². The first-order chi connectivity index (χ1) is 13.4. The molecular weight excluding hydrogens is 387 g/mol. The van der Waals surface area contributed by atoms with E-state index >= 15 is 0 Å². The van der Waals surface area contributed by atoms with Gasteiger partial charge in [0.15, 0.2) is 0 Å². The lowest BCUT2D eigenvalue weighted by molar-refractivity contribution is -0.137. The number of halogens is 3. The molecule has 152 valence electrons. The number of hydrogen-bond donors (Lipinski definition) is 1. The second-order valence-electron chi connectivity index (χ2n) is 6.99. The van der Waals surface area contributed by atoms with Crippen LogP contribution in [-0.2, 0) is 6.18 Å². The van der Waals surface area contributed by atoms with Crippen molar-refractivity contribution >= 4 is 17.2 Å². The molecule has 0 unspecified atom stereocenters. The summed E-state index contributed by atoms with van der Waals surface area (Å²) >= 11 is 1.00. The van der Waals surface area contributed by atoms with E-state index in [1.165, 1.54) is 25.0 Å². The number of aryl methyl sites for hydroxylation is 1. The van der Waals surface area contributed by atoms with E-state index in [1.54, 1.807) is 13.0 Å². The minimum Gasteiger partial charge on any atom is -0.351 e. The van der Waals surface area contributed by atoms with Crippen molar-refractivity contribution in [1.82, 2.24) is 15.2 Å². The highest BCUT2D eigenvalue weighted by molar-refractivity contribution is 7.17. The number of amides is 1. The van der Waals surface area contributed by atoms with E-state index in [0.717, 1.165) is 49.9 Å². The average molecular weight is 411 g/mol. The molecule has 1 aromatic heterocycles. The molecule has 0 spiro atoms. The maximum atomic E-state index is 13.2. The van der Waals surface area contributed by atoms with Crippen molar-refractivity contribution in [2.75, 3.05) is 26.2 Å². The molecule has 1 fully saturated rings. The number of nitrogens with zero attached hydrogens (tertiary/aromatic N) is 2. The smallest absolute Gasteiger partial charge is 0.351 e. The molecule has 8 heteroatoms. The van der Waals surface area contributed by atoms with Gasteiger partial charge in [0, 0.05) is 12.1 Å². The number of carbonyl (C=O) groups is 1. The minimum atomic E-state index is -4.46. The summed E-state index contributed by atoms with van der Waals surface area (Å²) in [7, 11) is 0. The Kier molecular flexibility index (Phi) is 6.72. The van der Waals surface area contributed by atoms with Crippen LogP contribution in [0, 0.1) is 6.92 Å². The highest BCUT2D eigenvalue weighted by atomic mass is 32.1. The molecule has 1 aromatic carbocycles. The number of nitrogens with one attached hydrogen (secondary N) is 1. The van der Waals surface area contributed by atoms with Crippen LogP contribution >= 0.6 is 11.3 Å². The Morgan fingerprint density at radius 3 is 2.64 bits per heavy atom. The topological polar surface area (TPSA) is 45.2 Å². The monoisotopic (exact) mass is 411 g/mol. The van der Waals surface area contributed by atoms with Crippen molar-refractivity contribution < 1.29 is 18.0 Å². The maximum Gasteiger partial charge on any atom is 0.417 e. The van der Waals surface area contributed by atoms with Crippen LogP contribution in [-0.4, -0.2) is 42.0 Å². The predicted molar refractivity (Wildman–Crippen MR) is 105 cm³/mol. The van der Waals surface area contributed by atoms with Crippen LogP contribution in [0.15, 0.2) is 24.3 Å². The minimum absolute atomic E-state index is 0.00719. The van der Waals surface area contributed by atoms with E-state index in [4.69, 9.17) is 0 Å². The highest BCUT2D eigenvalue weighted by Crippen LogP contribution is 2.38. The van der Waals surface area contributed by atoms with Crippen LogP contribution in [0.4, 0.5) is 13.2 Å². The Morgan fingerprint density at radius 1 is 1.21 bits per heavy atom. The fourth-order valence-electron chi connectivity index (χ4n) is 3.39. The standard InChI is InChI=1S/C20H24F3N3OS/c1-14-17(18(27)24-10-4-5-11-26-12-6-7-13-26)28-19(25-14)15-8-2-3-9-16(15)20(21,22)23/h2-3,8-9H,4-7,10-13H2,1H3,(H,24,27). The molecule has 1 saturated heterocycles. The van der Waals surface area contributed by atoms with Gasteiger partial charge in [-0.05, 0) is 58.3 Å². The zero-order chi connectivity index (χ0) is 20.1. The quantitative estimate of drug-likeness (QED) is 0.669. The molecule has 0 atom stereocenters. The third-order valence-corrected chi connectivity index (χ3v) is 6.04. The van der Waals surface area contributed by atoms with Gasteiger partial charge in [-0.3, -0.25) is 4.79 Å². The van der Waals surface area contributed by atoms with Gasteiger partial charge in [0.25, 0.3) is 5.91 Å². The first-order valence-corrected chi connectivity index (χ1v) is 10.3. The van der Waals surface area contributed by atoms with Crippen molar-refractivity contribution in [2.45, 2.75) is 38.8 Å². The maximum absolute atomic E-state index is 13.2. The van der Waals surface area contributed by atoms with Gasteiger partial charge >= 0.3 is 6.18 Å². The molecule has 1 aliphatic rings. The lowest BCUT2D eigenvalue weighted by Gasteiger charge is -2.13. The molecule has 2 aromatic rings. The van der Waals surface area contributed by atoms with Crippen LogP contribution in [0.2, 0.25) is 0 Å². The van der Waals surface area contributed by atoms with Gasteiger partial charge < -0.3 is 10.2 Å². The molecule has 3 rings (SSSR count). The zero-order valence-corrected chi connectivity index (χ0v) is 16.6. The lowest BCUT2D eigenvalue weighted by atomic mass is 10.1. The van der Waals surface area contributed by atoms with Crippen molar-refractivity contribution in [3.8, 4) is 10.6 Å². The molecule has 28 heavy (non-hydrogen) atoms. The number of rotatable bonds is 7. The zero-order valence-electron chi connectivity index (χ0n) is 15.8. The predicted octanol–water partition coefficient (Wildman–Crippen LogP) is 4.74. The van der Waals surface area contributed by atoms with Gasteiger partial charge in [-0.2, -0.15) is 13.2 Å². The molecule has 1 amide bonds. The van der Waals surface area contributed by atoms with E-state index < -0.39 is 11.7 Å². The highest BCUT2D eigenvalue weighted by Gasteiger charge is 2.34. The summed E-state index contributed by atoms with van der Waals surface area (Å²) in [4.78, 5) is 19.5. The molecule has 2 heterocycles. The largest absolute Gasteiger partial charge is 0.417 e. The second kappa shape index (κ2) is 9.05. The number of hydrogen-bond acceptors (Lipinski definition) is 4. The first-order valence-electron chi connectivity index (χ1n) is 9.51. The van der Waals surface area contributed by atoms with E-state index in [9.17, 15) is 18.0 Å². The Labute approximate surface area is 166 Å². The van der Waals surface area contributed by atoms with Gasteiger partial charge in [0.1, 0.15) is 9.88 Å². The lowest BCUT2D eigenvalue weighted by Crippen LogP contribution is -2.26. The molecule has 0 radical (unpaired) electrons. The molecule has 1 aliphatic heterocycles. The average Bonchev–Trinajstić information content (AvgIpc) is 3.30. The molecule has 0 bridgehead atoms. The summed E-state index contributed by atoms with van der Waals surface area (Å²) < 4.78 is 39.7. The molecular formula is C20H24F3N3OS. The fraction of sp³-hybridized carbons (Fsp3) is 0.500. The van der Waals surface area contributed by atoms with Gasteiger partial charge in [-0.25, -0.2) is 4.98 Å². The van der Waals surface area contributed by atoms with E-state index in [1.807, 2.05) is 0 Å². The van der Waals surface area contributed by atoms with Gasteiger partial charge in [0.05, 0.1) is 11.3 Å². The molecule has 0 aliphatic carbocycles. The SMILES string of the molecule is Cc1nc(-c2ccccc2C(F)(F)F)sc1C(=O)NCCCCN1CCCC1. The summed E-state index contributed by atoms with van der Waals surface area (Å²) in [6, 6.07) is 5.32. The number of thiazole rings is 1. The van der Waals surface area contributed by atoms with Gasteiger partial charge in [-0.1, -0.05) is 18.2 Å². The number of carbonyl (C=O) groups excluding carboxylic acids is 1. The number of likely N-dealkylation sites (tertiary alicyclic amines) is 1. The summed E-state index contributed by atoms with van der Waals surface area (Å²) in [5.74, 6) is -0.271. The van der Waals surface area contributed by atoms with Crippen LogP contribution < -0.4 is 5.32 Å². The third kappa shape index (κ3) is 5.11. The normalized spacial score (nSPS) is 15.1. The number of alkyl halides is 3. The molecule has 1 N–H and O–H groups in total. The second-order valence-corrected chi connectivity index (χ2v) is 7.99. The Hall–Kier alpha value is -1.93. The van der Waals surface area contributed by atoms with Crippen molar-refractivity contribution in [3.63, 3.8) is 0 Å². The first kappa shape index (κ1) is 20.8. The number of unbranched alkanes of at least 4 members (excludes halogenated alkanes) is 1. The van der Waals surface area contributed by atoms with Crippen molar-refractivity contribution in [3.05, 3.63) is 40.4 Å². The van der Waals surface area contributed by atoms with Crippen LogP contribution in [0.5, 0.6) is 0 Å². The Balaban J connectivity index is 1.60. The van der Waals surface area contributed by atoms with Crippen LogP contribution in [0.25, 0.3) is 10.6 Å². The summed E-state index contributed by atoms with van der Waals surface area (Å²) in [6.07, 6.45) is -0.0354. The number of aromatic nitrogens is 1. The Bertz CT molecular complexity index is 813. The summed E-state index contributed by atoms with van der Waals surface area (Å²) in [5.41, 5.74) is -0.281. The molecule has 4 nitrogen and oxygen atoms in total. The van der Waals surface area contributed by atoms with Gasteiger partial charge in [-0.15, -0.1) is 11.3 Å². The van der Waals surface area contributed by atoms with E-state index in [-0.39, 0.29) is 16.5 Å². The number of benzene rings is 1. The van der Waals surface area contributed by atoms with E-state index in [0.29, 0.717) is 17.1 Å². The van der Waals surface area contributed by atoms with Gasteiger partial charge in [0.2, 0.25) is 0 Å². The molecule has 0 saturated carbocycles. The Morgan fingerprint density at radius 2 is 1.93 bits per heavy atom. The van der Waals surface area contributed by atoms with Crippen molar-refractivity contribution in [2.24, 2.45) is 0 Å². The van der Waals surface area contributed by atoms with Crippen LogP contribution in [0.1, 0.15) is 46.6 Å².